The van der Waals surface area contributed by atoms with Crippen LogP contribution in [-0.4, -0.2) is 35.8 Å². The summed E-state index contributed by atoms with van der Waals surface area (Å²) < 4.78 is 20.7. The highest BCUT2D eigenvalue weighted by molar-refractivity contribution is 14.1. The lowest BCUT2D eigenvalue weighted by atomic mass is 10.3. The molecule has 0 aliphatic heterocycles. The third-order valence-electron chi connectivity index (χ3n) is 2.76. The van der Waals surface area contributed by atoms with Gasteiger partial charge in [0.25, 0.3) is 0 Å². The van der Waals surface area contributed by atoms with Gasteiger partial charge in [0.2, 0.25) is 5.12 Å². The molecule has 4 nitrogen and oxygen atoms in total. The van der Waals surface area contributed by atoms with Gasteiger partial charge in [-0.05, 0) is 67.1 Å². The Morgan fingerprint density at radius 1 is 1.42 bits per heavy atom. The van der Waals surface area contributed by atoms with Crippen LogP contribution in [-0.2, 0) is 9.36 Å². The number of benzene rings is 1. The van der Waals surface area contributed by atoms with E-state index < -0.39 is 13.6 Å². The van der Waals surface area contributed by atoms with Crippen LogP contribution < -0.4 is 4.52 Å². The highest BCUT2D eigenvalue weighted by atomic mass is 127. The summed E-state index contributed by atoms with van der Waals surface area (Å²) in [6.07, 6.45) is 1.72. The summed E-state index contributed by atoms with van der Waals surface area (Å²) in [5.74, 6) is 0.543. The number of halogens is 1. The van der Waals surface area contributed by atoms with E-state index >= 15 is 0 Å². The molecule has 0 radical (unpaired) electrons. The first-order valence-corrected chi connectivity index (χ1v) is 9.94. The number of rotatable bonds is 5. The molecule has 106 valence electrons. The lowest BCUT2D eigenvalue weighted by Crippen LogP contribution is -2.33. The monoisotopic (exact) mass is 413 g/mol. The van der Waals surface area contributed by atoms with Gasteiger partial charge < -0.3 is 4.52 Å². The number of carbonyl (C=O) groups excluding carboxylic acids is 1. The van der Waals surface area contributed by atoms with Crippen molar-refractivity contribution in [3.8, 4) is 5.75 Å². The topological polar surface area (TPSA) is 46.6 Å². The Labute approximate surface area is 131 Å². The summed E-state index contributed by atoms with van der Waals surface area (Å²) in [6, 6.07) is 6.85. The molecular weight excluding hydrogens is 396 g/mol. The Morgan fingerprint density at radius 3 is 2.42 bits per heavy atom. The van der Waals surface area contributed by atoms with Gasteiger partial charge in [0.1, 0.15) is 5.75 Å². The largest absolute Gasteiger partial charge is 0.433 e. The molecule has 0 aromatic heterocycles. The average Bonchev–Trinajstić information content (AvgIpc) is 2.38. The number of nitrogens with zero attached hydrogens (tertiary/aromatic N) is 1. The summed E-state index contributed by atoms with van der Waals surface area (Å²) in [4.78, 5) is 11.6. The molecule has 0 saturated carbocycles. The van der Waals surface area contributed by atoms with Crippen molar-refractivity contribution < 1.29 is 13.9 Å². The molecule has 0 saturated heterocycles. The zero-order valence-electron chi connectivity index (χ0n) is 11.3. The third kappa shape index (κ3) is 4.77. The van der Waals surface area contributed by atoms with E-state index in [1.807, 2.05) is 12.1 Å². The predicted octanol–water partition coefficient (Wildman–Crippen LogP) is 3.70. The summed E-state index contributed by atoms with van der Waals surface area (Å²) in [6.45, 7) is 3.25. The predicted molar refractivity (Wildman–Crippen MR) is 89.1 cm³/mol. The maximum Gasteiger partial charge on any atom is 0.316 e. The molecule has 0 bridgehead atoms. The van der Waals surface area contributed by atoms with Gasteiger partial charge in [0.15, 0.2) is 0 Å². The molecular formula is C12H17INO3PS. The van der Waals surface area contributed by atoms with Crippen LogP contribution in [0.2, 0.25) is 0 Å². The fourth-order valence-electron chi connectivity index (χ4n) is 1.39. The van der Waals surface area contributed by atoms with Crippen molar-refractivity contribution >= 4 is 47.0 Å². The van der Waals surface area contributed by atoms with E-state index in [1.54, 1.807) is 32.4 Å². The van der Waals surface area contributed by atoms with Crippen molar-refractivity contribution in [1.29, 1.82) is 0 Å². The second-order valence-electron chi connectivity index (χ2n) is 4.12. The third-order valence-corrected chi connectivity index (χ3v) is 6.27. The Hall–Kier alpha value is -0.0400. The van der Waals surface area contributed by atoms with Crippen molar-refractivity contribution in [2.75, 3.05) is 20.0 Å². The van der Waals surface area contributed by atoms with Gasteiger partial charge in [-0.2, -0.15) is 0 Å². The van der Waals surface area contributed by atoms with Crippen LogP contribution >= 0.6 is 41.9 Å². The van der Waals surface area contributed by atoms with Gasteiger partial charge >= 0.3 is 7.52 Å². The van der Waals surface area contributed by atoms with Crippen LogP contribution in [0.15, 0.2) is 24.3 Å². The van der Waals surface area contributed by atoms with Crippen LogP contribution in [0.5, 0.6) is 5.75 Å². The van der Waals surface area contributed by atoms with Crippen LogP contribution in [0.25, 0.3) is 0 Å². The number of likely N-dealkylation sites (N-methyl/N-ethyl adjacent to an activating group) is 1. The maximum absolute atomic E-state index is 12.6. The number of hydrogen-bond donors (Lipinski definition) is 0. The van der Waals surface area contributed by atoms with E-state index in [2.05, 4.69) is 22.6 Å². The Morgan fingerprint density at radius 2 is 1.95 bits per heavy atom. The molecule has 19 heavy (non-hydrogen) atoms. The van der Waals surface area contributed by atoms with Crippen molar-refractivity contribution in [3.05, 3.63) is 27.8 Å². The minimum Gasteiger partial charge on any atom is -0.433 e. The SMILES string of the molecule is CSC(=O)[C@H](C)N(C)P(C)(=O)Oc1ccc(I)cc1. The highest BCUT2D eigenvalue weighted by Gasteiger charge is 2.31. The highest BCUT2D eigenvalue weighted by Crippen LogP contribution is 2.47. The molecule has 1 rings (SSSR count). The standard InChI is InChI=1S/C12H17INO3PS/c1-9(12(15)19-4)14(2)18(3,16)17-11-7-5-10(13)6-8-11/h5-9H,1-4H3/t9-,18?/m0/s1. The first kappa shape index (κ1) is 17.0. The van der Waals surface area contributed by atoms with E-state index in [0.717, 1.165) is 15.3 Å². The zero-order valence-corrected chi connectivity index (χ0v) is 15.2. The van der Waals surface area contributed by atoms with Crippen LogP contribution in [0.4, 0.5) is 0 Å². The van der Waals surface area contributed by atoms with E-state index in [4.69, 9.17) is 4.52 Å². The van der Waals surface area contributed by atoms with E-state index in [9.17, 15) is 9.36 Å². The fourth-order valence-corrected chi connectivity index (χ4v) is 3.71. The minimum absolute atomic E-state index is 0.0317. The molecule has 0 amide bonds. The Kier molecular flexibility index (Phi) is 6.36. The normalized spacial score (nSPS) is 15.9. The van der Waals surface area contributed by atoms with Crippen molar-refractivity contribution in [2.24, 2.45) is 0 Å². The molecule has 1 unspecified atom stereocenters. The number of carbonyl (C=O) groups is 1. The van der Waals surface area contributed by atoms with Crippen LogP contribution in [0, 0.1) is 3.57 Å². The molecule has 0 heterocycles. The average molecular weight is 413 g/mol. The van der Waals surface area contributed by atoms with E-state index in [0.29, 0.717) is 5.75 Å². The lowest BCUT2D eigenvalue weighted by Gasteiger charge is -2.29. The van der Waals surface area contributed by atoms with Crippen molar-refractivity contribution in [3.63, 3.8) is 0 Å². The summed E-state index contributed by atoms with van der Waals surface area (Å²) in [5.41, 5.74) is 0. The first-order chi connectivity index (χ1) is 8.77. The summed E-state index contributed by atoms with van der Waals surface area (Å²) in [7, 11) is -1.40. The van der Waals surface area contributed by atoms with Gasteiger partial charge in [-0.1, -0.05) is 11.8 Å². The smallest absolute Gasteiger partial charge is 0.316 e. The molecule has 2 atom stereocenters. The number of thioether (sulfide) groups is 1. The van der Waals surface area contributed by atoms with E-state index in [1.165, 1.54) is 11.3 Å². The zero-order chi connectivity index (χ0) is 14.6. The van der Waals surface area contributed by atoms with Gasteiger partial charge in [0.05, 0.1) is 6.04 Å². The van der Waals surface area contributed by atoms with Crippen LogP contribution in [0.3, 0.4) is 0 Å². The molecule has 0 aliphatic rings. The van der Waals surface area contributed by atoms with Crippen LogP contribution in [0.1, 0.15) is 6.92 Å². The Bertz CT molecular complexity index is 494. The van der Waals surface area contributed by atoms with E-state index in [-0.39, 0.29) is 5.12 Å². The molecule has 0 spiro atoms. The maximum atomic E-state index is 12.6. The fraction of sp³-hybridized carbons (Fsp3) is 0.417. The van der Waals surface area contributed by atoms with Gasteiger partial charge in [0, 0.05) is 10.2 Å². The second-order valence-corrected chi connectivity index (χ2v) is 8.60. The second kappa shape index (κ2) is 7.11. The quantitative estimate of drug-likeness (QED) is 0.544. The molecule has 0 aliphatic carbocycles. The minimum atomic E-state index is -3.05. The van der Waals surface area contributed by atoms with Crippen molar-refractivity contribution in [1.82, 2.24) is 4.67 Å². The van der Waals surface area contributed by atoms with Crippen molar-refractivity contribution in [2.45, 2.75) is 13.0 Å². The molecule has 0 N–H and O–H groups in total. The first-order valence-electron chi connectivity index (χ1n) is 5.61. The number of hydrogen-bond acceptors (Lipinski definition) is 4. The van der Waals surface area contributed by atoms with Gasteiger partial charge in [-0.25, -0.2) is 4.67 Å². The molecule has 1 aromatic rings. The molecule has 7 heteroatoms. The van der Waals surface area contributed by atoms with Gasteiger partial charge in [-0.15, -0.1) is 0 Å². The molecule has 0 fully saturated rings. The van der Waals surface area contributed by atoms with Gasteiger partial charge in [-0.3, -0.25) is 9.36 Å². The molecule has 1 aromatic carbocycles. The Balaban J connectivity index is 2.83. The summed E-state index contributed by atoms with van der Waals surface area (Å²) >= 11 is 3.32. The summed E-state index contributed by atoms with van der Waals surface area (Å²) in [5, 5.41) is -0.0317. The lowest BCUT2D eigenvalue weighted by molar-refractivity contribution is -0.113.